The van der Waals surface area contributed by atoms with E-state index in [1.165, 1.54) is 0 Å². The van der Waals surface area contributed by atoms with Gasteiger partial charge in [-0.3, -0.25) is 0 Å². The van der Waals surface area contributed by atoms with Gasteiger partial charge in [0.25, 0.3) is 0 Å². The molecule has 0 aliphatic rings. The summed E-state index contributed by atoms with van der Waals surface area (Å²) in [6, 6.07) is 9.17. The minimum atomic E-state index is -0.841. The summed E-state index contributed by atoms with van der Waals surface area (Å²) in [5.41, 5.74) is 0. The van der Waals surface area contributed by atoms with Gasteiger partial charge in [-0.1, -0.05) is 18.2 Å². The van der Waals surface area contributed by atoms with Crippen LogP contribution in [0.2, 0.25) is 0 Å². The molecule has 128 valence electrons. The van der Waals surface area contributed by atoms with Crippen molar-refractivity contribution in [3.8, 4) is 17.8 Å². The molecule has 1 aromatic heterocycles. The van der Waals surface area contributed by atoms with E-state index in [0.29, 0.717) is 11.7 Å². The van der Waals surface area contributed by atoms with E-state index in [-0.39, 0.29) is 18.6 Å². The van der Waals surface area contributed by atoms with Gasteiger partial charge in [-0.25, -0.2) is 4.79 Å². The van der Waals surface area contributed by atoms with E-state index in [1.54, 1.807) is 45.0 Å². The summed E-state index contributed by atoms with van der Waals surface area (Å²) in [5, 5.41) is 0. The average Bonchev–Trinajstić information content (AvgIpc) is 2.55. The smallest absolute Gasteiger partial charge is 0.347 e. The number of esters is 1. The lowest BCUT2D eigenvalue weighted by Crippen LogP contribution is -2.27. The fourth-order valence-corrected chi connectivity index (χ4v) is 1.69. The highest BCUT2D eigenvalue weighted by Crippen LogP contribution is 2.21. The molecule has 1 heterocycles. The lowest BCUT2D eigenvalue weighted by molar-refractivity contribution is -0.150. The van der Waals surface area contributed by atoms with Crippen LogP contribution in [-0.4, -0.2) is 47.7 Å². The molecule has 0 bridgehead atoms. The van der Waals surface area contributed by atoms with E-state index in [9.17, 15) is 4.79 Å². The van der Waals surface area contributed by atoms with Crippen LogP contribution in [-0.2, 0) is 9.53 Å². The van der Waals surface area contributed by atoms with E-state index >= 15 is 0 Å². The maximum absolute atomic E-state index is 11.7. The quantitative estimate of drug-likeness (QED) is 0.712. The molecular weight excluding hydrogens is 312 g/mol. The highest BCUT2D eigenvalue weighted by Gasteiger charge is 2.19. The molecule has 1 atom stereocenters. The van der Waals surface area contributed by atoms with Crippen molar-refractivity contribution in [2.24, 2.45) is 0 Å². The van der Waals surface area contributed by atoms with Crippen molar-refractivity contribution in [1.29, 1.82) is 0 Å². The van der Waals surface area contributed by atoms with E-state index < -0.39 is 12.1 Å². The molecule has 8 nitrogen and oxygen atoms in total. The monoisotopic (exact) mass is 332 g/mol. The standard InChI is InChI=1S/C16H20N4O4/c1-5-22-13(21)11(2)23-15-17-14(20(3)4)18-16(19-15)24-12-9-7-6-8-10-12/h6-11H,5H2,1-4H3. The van der Waals surface area contributed by atoms with Gasteiger partial charge in [0.15, 0.2) is 6.10 Å². The number of aromatic nitrogens is 3. The van der Waals surface area contributed by atoms with Crippen LogP contribution in [0.1, 0.15) is 13.8 Å². The Kier molecular flexibility index (Phi) is 5.89. The summed E-state index contributed by atoms with van der Waals surface area (Å²) in [4.78, 5) is 25.8. The molecule has 2 rings (SSSR count). The van der Waals surface area contributed by atoms with Crippen LogP contribution in [0.5, 0.6) is 17.8 Å². The van der Waals surface area contributed by atoms with Gasteiger partial charge in [-0.15, -0.1) is 4.98 Å². The van der Waals surface area contributed by atoms with Crippen LogP contribution in [0.15, 0.2) is 30.3 Å². The fraction of sp³-hybridized carbons (Fsp3) is 0.375. The molecule has 1 unspecified atom stereocenters. The van der Waals surface area contributed by atoms with Gasteiger partial charge in [0, 0.05) is 14.1 Å². The van der Waals surface area contributed by atoms with Crippen molar-refractivity contribution in [2.75, 3.05) is 25.6 Å². The van der Waals surface area contributed by atoms with Gasteiger partial charge >= 0.3 is 18.0 Å². The Bertz CT molecular complexity index is 679. The maximum Gasteiger partial charge on any atom is 0.347 e. The number of carbonyl (C=O) groups is 1. The van der Waals surface area contributed by atoms with Gasteiger partial charge in [0.05, 0.1) is 6.61 Å². The van der Waals surface area contributed by atoms with Gasteiger partial charge in [-0.2, -0.15) is 9.97 Å². The van der Waals surface area contributed by atoms with Gasteiger partial charge in [-0.05, 0) is 26.0 Å². The first kappa shape index (κ1) is 17.5. The number of hydrogen-bond acceptors (Lipinski definition) is 8. The van der Waals surface area contributed by atoms with Crippen molar-refractivity contribution >= 4 is 11.9 Å². The van der Waals surface area contributed by atoms with Crippen LogP contribution >= 0.6 is 0 Å². The molecule has 0 radical (unpaired) electrons. The molecule has 24 heavy (non-hydrogen) atoms. The van der Waals surface area contributed by atoms with E-state index in [0.717, 1.165) is 0 Å². The molecule has 0 saturated carbocycles. The summed E-state index contributed by atoms with van der Waals surface area (Å²) in [6.45, 7) is 3.56. The summed E-state index contributed by atoms with van der Waals surface area (Å²) < 4.78 is 16.0. The summed E-state index contributed by atoms with van der Waals surface area (Å²) in [6.07, 6.45) is -0.841. The van der Waals surface area contributed by atoms with Gasteiger partial charge < -0.3 is 19.1 Å². The third kappa shape index (κ3) is 4.80. The molecule has 0 fully saturated rings. The normalized spacial score (nSPS) is 11.5. The summed E-state index contributed by atoms with van der Waals surface area (Å²) >= 11 is 0. The number of rotatable bonds is 7. The SMILES string of the molecule is CCOC(=O)C(C)Oc1nc(Oc2ccccc2)nc(N(C)C)n1. The van der Waals surface area contributed by atoms with Crippen LogP contribution in [0, 0.1) is 0 Å². The molecule has 0 aliphatic carbocycles. The predicted molar refractivity (Wildman–Crippen MR) is 87.4 cm³/mol. The Morgan fingerprint density at radius 2 is 1.79 bits per heavy atom. The first-order chi connectivity index (χ1) is 11.5. The summed E-state index contributed by atoms with van der Waals surface area (Å²) in [5.74, 6) is 0.439. The molecular formula is C16H20N4O4. The second-order valence-electron chi connectivity index (χ2n) is 5.02. The molecule has 0 amide bonds. The van der Waals surface area contributed by atoms with Gasteiger partial charge in [0.2, 0.25) is 5.95 Å². The number of nitrogens with zero attached hydrogens (tertiary/aromatic N) is 4. The molecule has 1 aromatic carbocycles. The third-order valence-corrected chi connectivity index (χ3v) is 2.84. The Hall–Kier alpha value is -2.90. The number of ether oxygens (including phenoxy) is 3. The highest BCUT2D eigenvalue weighted by atomic mass is 16.6. The highest BCUT2D eigenvalue weighted by molar-refractivity contribution is 5.74. The second-order valence-corrected chi connectivity index (χ2v) is 5.02. The van der Waals surface area contributed by atoms with E-state index in [1.807, 2.05) is 18.2 Å². The minimum Gasteiger partial charge on any atom is -0.463 e. The zero-order valence-corrected chi connectivity index (χ0v) is 14.1. The van der Waals surface area contributed by atoms with Crippen LogP contribution < -0.4 is 14.4 Å². The van der Waals surface area contributed by atoms with Crippen molar-refractivity contribution in [3.05, 3.63) is 30.3 Å². The zero-order valence-electron chi connectivity index (χ0n) is 14.1. The predicted octanol–water partition coefficient (Wildman–Crippen LogP) is 2.06. The first-order valence-corrected chi connectivity index (χ1v) is 7.49. The van der Waals surface area contributed by atoms with E-state index in [4.69, 9.17) is 14.2 Å². The first-order valence-electron chi connectivity index (χ1n) is 7.49. The van der Waals surface area contributed by atoms with E-state index in [2.05, 4.69) is 15.0 Å². The largest absolute Gasteiger partial charge is 0.463 e. The Labute approximate surface area is 140 Å². The molecule has 8 heteroatoms. The van der Waals surface area contributed by atoms with Crippen LogP contribution in [0.3, 0.4) is 0 Å². The van der Waals surface area contributed by atoms with Crippen molar-refractivity contribution in [3.63, 3.8) is 0 Å². The Balaban J connectivity index is 2.22. The minimum absolute atomic E-state index is 0.0137. The van der Waals surface area contributed by atoms with Crippen molar-refractivity contribution in [2.45, 2.75) is 20.0 Å². The number of hydrogen-bond donors (Lipinski definition) is 0. The number of para-hydroxylation sites is 1. The summed E-state index contributed by atoms with van der Waals surface area (Å²) in [7, 11) is 3.56. The molecule has 2 aromatic rings. The topological polar surface area (TPSA) is 86.7 Å². The maximum atomic E-state index is 11.7. The molecule has 0 N–H and O–H groups in total. The second kappa shape index (κ2) is 8.09. The van der Waals surface area contributed by atoms with Crippen molar-refractivity contribution in [1.82, 2.24) is 15.0 Å². The Morgan fingerprint density at radius 1 is 1.12 bits per heavy atom. The fourth-order valence-electron chi connectivity index (χ4n) is 1.69. The molecule has 0 spiro atoms. The average molecular weight is 332 g/mol. The lowest BCUT2D eigenvalue weighted by Gasteiger charge is -2.15. The number of carbonyl (C=O) groups excluding carboxylic acids is 1. The van der Waals surface area contributed by atoms with Crippen LogP contribution in [0.25, 0.3) is 0 Å². The number of benzene rings is 1. The Morgan fingerprint density at radius 3 is 2.42 bits per heavy atom. The zero-order chi connectivity index (χ0) is 17.5. The van der Waals surface area contributed by atoms with Crippen LogP contribution in [0.4, 0.5) is 5.95 Å². The molecule has 0 aliphatic heterocycles. The van der Waals surface area contributed by atoms with Crippen molar-refractivity contribution < 1.29 is 19.0 Å². The van der Waals surface area contributed by atoms with Gasteiger partial charge in [0.1, 0.15) is 5.75 Å². The third-order valence-electron chi connectivity index (χ3n) is 2.84. The lowest BCUT2D eigenvalue weighted by atomic mass is 10.3. The number of anilines is 1. The molecule has 0 saturated heterocycles.